The van der Waals surface area contributed by atoms with Gasteiger partial charge < -0.3 is 14.7 Å². The lowest BCUT2D eigenvalue weighted by atomic mass is 9.95. The lowest BCUT2D eigenvalue weighted by Gasteiger charge is -2.38. The van der Waals surface area contributed by atoms with Gasteiger partial charge >= 0.3 is 0 Å². The summed E-state index contributed by atoms with van der Waals surface area (Å²) >= 11 is 1.47. The van der Waals surface area contributed by atoms with E-state index in [2.05, 4.69) is 4.90 Å². The summed E-state index contributed by atoms with van der Waals surface area (Å²) in [6.45, 7) is 6.49. The molecule has 1 aromatic rings. The second-order valence-electron chi connectivity index (χ2n) is 8.23. The quantitative estimate of drug-likeness (QED) is 0.741. The van der Waals surface area contributed by atoms with Crippen LogP contribution in [0.2, 0.25) is 0 Å². The van der Waals surface area contributed by atoms with Crippen LogP contribution in [0, 0.1) is 5.92 Å². The highest BCUT2D eigenvalue weighted by atomic mass is 32.1. The fourth-order valence-corrected chi connectivity index (χ4v) is 5.22. The van der Waals surface area contributed by atoms with E-state index in [0.29, 0.717) is 32.7 Å². The molecular formula is C21H30N4O3S. The molecule has 0 aliphatic carbocycles. The van der Waals surface area contributed by atoms with Gasteiger partial charge in [-0.3, -0.25) is 19.3 Å². The Balaban J connectivity index is 1.20. The number of likely N-dealkylation sites (tertiary alicyclic amines) is 2. The van der Waals surface area contributed by atoms with Crippen molar-refractivity contribution in [2.45, 2.75) is 25.7 Å². The molecule has 3 saturated heterocycles. The zero-order chi connectivity index (χ0) is 20.2. The third-order valence-electron chi connectivity index (χ3n) is 6.36. The number of piperidine rings is 1. The van der Waals surface area contributed by atoms with E-state index in [-0.39, 0.29) is 23.6 Å². The van der Waals surface area contributed by atoms with Crippen molar-refractivity contribution in [1.29, 1.82) is 0 Å². The smallest absolute Gasteiger partial charge is 0.263 e. The number of piperazine rings is 1. The first-order valence-electron chi connectivity index (χ1n) is 10.7. The molecule has 0 bridgehead atoms. The maximum atomic E-state index is 12.9. The second-order valence-corrected chi connectivity index (χ2v) is 9.18. The molecule has 4 heterocycles. The first-order valence-corrected chi connectivity index (χ1v) is 11.6. The van der Waals surface area contributed by atoms with Crippen molar-refractivity contribution < 1.29 is 14.4 Å². The molecule has 3 amide bonds. The molecule has 0 atom stereocenters. The van der Waals surface area contributed by atoms with Crippen LogP contribution in [0.15, 0.2) is 17.5 Å². The van der Waals surface area contributed by atoms with Gasteiger partial charge in [0.05, 0.1) is 11.4 Å². The van der Waals surface area contributed by atoms with Gasteiger partial charge in [0.15, 0.2) is 0 Å². The zero-order valence-electron chi connectivity index (χ0n) is 16.9. The summed E-state index contributed by atoms with van der Waals surface area (Å²) in [6, 6.07) is 3.75. The lowest BCUT2D eigenvalue weighted by molar-refractivity contribution is -0.139. The summed E-state index contributed by atoms with van der Waals surface area (Å²) in [6.07, 6.45) is 3.71. The Morgan fingerprint density at radius 3 is 2.17 bits per heavy atom. The number of rotatable bonds is 4. The summed E-state index contributed by atoms with van der Waals surface area (Å²) in [5.41, 5.74) is 0. The van der Waals surface area contributed by atoms with Crippen LogP contribution in [0.5, 0.6) is 0 Å². The monoisotopic (exact) mass is 418 g/mol. The Morgan fingerprint density at radius 1 is 0.862 bits per heavy atom. The molecule has 0 spiro atoms. The molecular weight excluding hydrogens is 388 g/mol. The van der Waals surface area contributed by atoms with Crippen molar-refractivity contribution in [3.8, 4) is 0 Å². The second kappa shape index (κ2) is 9.26. The molecule has 8 heteroatoms. The molecule has 158 valence electrons. The summed E-state index contributed by atoms with van der Waals surface area (Å²) in [5, 5.41) is 1.92. The van der Waals surface area contributed by atoms with Crippen molar-refractivity contribution >= 4 is 29.1 Å². The summed E-state index contributed by atoms with van der Waals surface area (Å²) < 4.78 is 0. The molecule has 7 nitrogen and oxygen atoms in total. The van der Waals surface area contributed by atoms with Gasteiger partial charge in [-0.15, -0.1) is 11.3 Å². The van der Waals surface area contributed by atoms with Crippen LogP contribution in [-0.4, -0.2) is 96.2 Å². The third-order valence-corrected chi connectivity index (χ3v) is 7.22. The minimum absolute atomic E-state index is 0.0140. The first-order chi connectivity index (χ1) is 14.1. The van der Waals surface area contributed by atoms with Crippen molar-refractivity contribution in [3.63, 3.8) is 0 Å². The Morgan fingerprint density at radius 2 is 1.55 bits per heavy atom. The number of hydrogen-bond donors (Lipinski definition) is 0. The molecule has 29 heavy (non-hydrogen) atoms. The van der Waals surface area contributed by atoms with E-state index in [1.54, 1.807) is 0 Å². The van der Waals surface area contributed by atoms with Gasteiger partial charge in [-0.25, -0.2) is 0 Å². The summed E-state index contributed by atoms with van der Waals surface area (Å²) in [7, 11) is 0. The molecule has 3 aliphatic rings. The van der Waals surface area contributed by atoms with E-state index >= 15 is 0 Å². The first kappa shape index (κ1) is 20.3. The minimum Gasteiger partial charge on any atom is -0.342 e. The van der Waals surface area contributed by atoms with Crippen LogP contribution in [-0.2, 0) is 9.59 Å². The van der Waals surface area contributed by atoms with E-state index in [4.69, 9.17) is 0 Å². The van der Waals surface area contributed by atoms with E-state index in [0.717, 1.165) is 56.7 Å². The third kappa shape index (κ3) is 4.80. The van der Waals surface area contributed by atoms with Gasteiger partial charge in [0.1, 0.15) is 0 Å². The number of carbonyl (C=O) groups is 3. The van der Waals surface area contributed by atoms with Crippen LogP contribution in [0.4, 0.5) is 0 Å². The fourth-order valence-electron chi connectivity index (χ4n) is 4.53. The van der Waals surface area contributed by atoms with E-state index in [9.17, 15) is 14.4 Å². The minimum atomic E-state index is 0.0140. The van der Waals surface area contributed by atoms with Crippen LogP contribution in [0.1, 0.15) is 35.4 Å². The van der Waals surface area contributed by atoms with E-state index in [1.807, 2.05) is 32.2 Å². The molecule has 0 aromatic carbocycles. The van der Waals surface area contributed by atoms with Gasteiger partial charge in [0.2, 0.25) is 11.8 Å². The average Bonchev–Trinajstić information content (AvgIpc) is 3.48. The topological polar surface area (TPSA) is 64.2 Å². The highest BCUT2D eigenvalue weighted by Crippen LogP contribution is 2.23. The molecule has 0 unspecified atom stereocenters. The maximum absolute atomic E-state index is 12.9. The molecule has 0 saturated carbocycles. The maximum Gasteiger partial charge on any atom is 0.263 e. The van der Waals surface area contributed by atoms with Crippen molar-refractivity contribution in [1.82, 2.24) is 19.6 Å². The molecule has 3 aliphatic heterocycles. The van der Waals surface area contributed by atoms with E-state index in [1.165, 1.54) is 11.3 Å². The van der Waals surface area contributed by atoms with Crippen LogP contribution < -0.4 is 0 Å². The number of nitrogens with zero attached hydrogens (tertiary/aromatic N) is 4. The standard InChI is InChI=1S/C21H30N4O3S/c26-19(23-7-1-2-8-23)16-22-11-13-25(14-12-22)20(27)17-5-9-24(10-6-17)21(28)18-4-3-15-29-18/h3-4,15,17H,1-2,5-14,16H2. The molecule has 3 fully saturated rings. The summed E-state index contributed by atoms with van der Waals surface area (Å²) in [4.78, 5) is 46.4. The molecule has 0 radical (unpaired) electrons. The van der Waals surface area contributed by atoms with Crippen molar-refractivity contribution in [2.75, 3.05) is 58.9 Å². The predicted octanol–water partition coefficient (Wildman–Crippen LogP) is 1.37. The number of carbonyl (C=O) groups excluding carboxylic acids is 3. The SMILES string of the molecule is O=C(CN1CCN(C(=O)C2CCN(C(=O)c3cccs3)CC2)CC1)N1CCCC1. The molecule has 0 N–H and O–H groups in total. The van der Waals surface area contributed by atoms with Gasteiger partial charge in [0.25, 0.3) is 5.91 Å². The lowest BCUT2D eigenvalue weighted by Crippen LogP contribution is -2.53. The van der Waals surface area contributed by atoms with E-state index < -0.39 is 0 Å². The zero-order valence-corrected chi connectivity index (χ0v) is 17.7. The fraction of sp³-hybridized carbons (Fsp3) is 0.667. The Hall–Kier alpha value is -1.93. The highest BCUT2D eigenvalue weighted by Gasteiger charge is 2.32. The van der Waals surface area contributed by atoms with Crippen LogP contribution in [0.25, 0.3) is 0 Å². The predicted molar refractivity (Wildman–Crippen MR) is 112 cm³/mol. The van der Waals surface area contributed by atoms with Gasteiger partial charge in [-0.1, -0.05) is 6.07 Å². The van der Waals surface area contributed by atoms with Crippen molar-refractivity contribution in [2.24, 2.45) is 5.92 Å². The Labute approximate surface area is 176 Å². The van der Waals surface area contributed by atoms with Gasteiger partial charge in [0, 0.05) is 58.3 Å². The number of amides is 3. The number of thiophene rings is 1. The Bertz CT molecular complexity index is 716. The van der Waals surface area contributed by atoms with Gasteiger partial charge in [-0.2, -0.15) is 0 Å². The molecule has 1 aromatic heterocycles. The van der Waals surface area contributed by atoms with Gasteiger partial charge in [-0.05, 0) is 37.1 Å². The Kier molecular flexibility index (Phi) is 6.50. The van der Waals surface area contributed by atoms with Crippen LogP contribution in [0.3, 0.4) is 0 Å². The largest absolute Gasteiger partial charge is 0.342 e. The number of hydrogen-bond acceptors (Lipinski definition) is 5. The normalized spacial score (nSPS) is 21.6. The summed E-state index contributed by atoms with van der Waals surface area (Å²) in [5.74, 6) is 0.547. The average molecular weight is 419 g/mol. The van der Waals surface area contributed by atoms with Crippen LogP contribution >= 0.6 is 11.3 Å². The van der Waals surface area contributed by atoms with Crippen molar-refractivity contribution in [3.05, 3.63) is 22.4 Å². The highest BCUT2D eigenvalue weighted by molar-refractivity contribution is 7.12. The molecule has 4 rings (SSSR count).